The van der Waals surface area contributed by atoms with E-state index < -0.39 is 26.6 Å². The molecule has 1 aliphatic rings. The second kappa shape index (κ2) is 5.75. The molecule has 1 aromatic rings. The number of benzene rings is 1. The second-order valence-electron chi connectivity index (χ2n) is 5.11. The Morgan fingerprint density at radius 1 is 1.40 bits per heavy atom. The SMILES string of the molecule is CCCC1CC1NS(=O)(=O)c1cc(CN)cc(F)c1F. The lowest BCUT2D eigenvalue weighted by molar-refractivity contribution is 0.481. The Bertz CT molecular complexity index is 605. The zero-order valence-corrected chi connectivity index (χ0v) is 12.0. The van der Waals surface area contributed by atoms with Crippen LogP contribution >= 0.6 is 0 Å². The molecule has 0 aliphatic heterocycles. The van der Waals surface area contributed by atoms with Gasteiger partial charge in [0.15, 0.2) is 11.6 Å². The molecular formula is C13H18F2N2O2S. The number of sulfonamides is 1. The van der Waals surface area contributed by atoms with Gasteiger partial charge in [-0.05, 0) is 36.5 Å². The maximum Gasteiger partial charge on any atom is 0.243 e. The molecule has 0 amide bonds. The van der Waals surface area contributed by atoms with E-state index in [4.69, 9.17) is 5.73 Å². The summed E-state index contributed by atoms with van der Waals surface area (Å²) in [6, 6.07) is 1.81. The van der Waals surface area contributed by atoms with Crippen molar-refractivity contribution in [1.29, 1.82) is 0 Å². The van der Waals surface area contributed by atoms with Crippen molar-refractivity contribution in [2.75, 3.05) is 0 Å². The lowest BCUT2D eigenvalue weighted by atomic mass is 10.2. The molecule has 0 bridgehead atoms. The van der Waals surface area contributed by atoms with E-state index >= 15 is 0 Å². The number of nitrogens with two attached hydrogens (primary N) is 1. The van der Waals surface area contributed by atoms with Gasteiger partial charge in [0.1, 0.15) is 4.90 Å². The minimum Gasteiger partial charge on any atom is -0.326 e. The summed E-state index contributed by atoms with van der Waals surface area (Å²) in [6.45, 7) is 1.96. The number of halogens is 2. The van der Waals surface area contributed by atoms with Gasteiger partial charge in [-0.25, -0.2) is 21.9 Å². The minimum atomic E-state index is -4.05. The zero-order valence-electron chi connectivity index (χ0n) is 11.2. The summed E-state index contributed by atoms with van der Waals surface area (Å²) < 4.78 is 53.7. The van der Waals surface area contributed by atoms with Crippen molar-refractivity contribution in [2.45, 2.75) is 43.7 Å². The van der Waals surface area contributed by atoms with E-state index in [2.05, 4.69) is 4.72 Å². The molecule has 2 atom stereocenters. The van der Waals surface area contributed by atoms with Crippen LogP contribution in [0.1, 0.15) is 31.7 Å². The molecule has 7 heteroatoms. The van der Waals surface area contributed by atoms with Crippen molar-refractivity contribution < 1.29 is 17.2 Å². The first-order valence-corrected chi connectivity index (χ1v) is 8.07. The molecule has 1 aliphatic carbocycles. The van der Waals surface area contributed by atoms with Gasteiger partial charge in [-0.3, -0.25) is 0 Å². The highest BCUT2D eigenvalue weighted by Gasteiger charge is 2.40. The Kier molecular flexibility index (Phi) is 4.41. The van der Waals surface area contributed by atoms with Gasteiger partial charge in [0.2, 0.25) is 10.0 Å². The van der Waals surface area contributed by atoms with Crippen LogP contribution in [0.4, 0.5) is 8.78 Å². The summed E-state index contributed by atoms with van der Waals surface area (Å²) in [5.41, 5.74) is 5.59. The van der Waals surface area contributed by atoms with Crippen LogP contribution in [0.3, 0.4) is 0 Å². The molecule has 2 rings (SSSR count). The summed E-state index contributed by atoms with van der Waals surface area (Å²) in [6.07, 6.45) is 2.63. The Labute approximate surface area is 117 Å². The van der Waals surface area contributed by atoms with Gasteiger partial charge in [0.05, 0.1) is 0 Å². The highest BCUT2D eigenvalue weighted by atomic mass is 32.2. The molecule has 1 fully saturated rings. The first-order valence-electron chi connectivity index (χ1n) is 6.59. The first kappa shape index (κ1) is 15.3. The fourth-order valence-electron chi connectivity index (χ4n) is 2.28. The van der Waals surface area contributed by atoms with E-state index in [9.17, 15) is 17.2 Å². The van der Waals surface area contributed by atoms with Crippen LogP contribution in [-0.4, -0.2) is 14.5 Å². The number of nitrogens with one attached hydrogen (secondary N) is 1. The van der Waals surface area contributed by atoms with E-state index in [1.807, 2.05) is 6.92 Å². The van der Waals surface area contributed by atoms with Crippen molar-refractivity contribution in [3.63, 3.8) is 0 Å². The predicted octanol–water partition coefficient (Wildman–Crippen LogP) is 1.89. The lowest BCUT2D eigenvalue weighted by Gasteiger charge is -2.09. The number of hydrogen-bond donors (Lipinski definition) is 2. The quantitative estimate of drug-likeness (QED) is 0.843. The van der Waals surface area contributed by atoms with Crippen molar-refractivity contribution in [1.82, 2.24) is 4.72 Å². The summed E-state index contributed by atoms with van der Waals surface area (Å²) in [5.74, 6) is -2.27. The monoisotopic (exact) mass is 304 g/mol. The largest absolute Gasteiger partial charge is 0.326 e. The van der Waals surface area contributed by atoms with Gasteiger partial charge in [0.25, 0.3) is 0 Å². The second-order valence-corrected chi connectivity index (χ2v) is 6.79. The van der Waals surface area contributed by atoms with E-state index in [-0.39, 0.29) is 18.2 Å². The van der Waals surface area contributed by atoms with Crippen molar-refractivity contribution in [3.8, 4) is 0 Å². The van der Waals surface area contributed by atoms with Crippen LogP contribution in [0.5, 0.6) is 0 Å². The Morgan fingerprint density at radius 3 is 2.70 bits per heavy atom. The van der Waals surface area contributed by atoms with Crippen molar-refractivity contribution >= 4 is 10.0 Å². The van der Waals surface area contributed by atoms with E-state index in [1.165, 1.54) is 0 Å². The first-order chi connectivity index (χ1) is 9.39. The maximum absolute atomic E-state index is 13.7. The molecule has 1 saturated carbocycles. The fourth-order valence-corrected chi connectivity index (χ4v) is 3.73. The van der Waals surface area contributed by atoms with Gasteiger partial charge in [0, 0.05) is 12.6 Å². The highest BCUT2D eigenvalue weighted by Crippen LogP contribution is 2.36. The van der Waals surface area contributed by atoms with Crippen LogP contribution in [-0.2, 0) is 16.6 Å². The van der Waals surface area contributed by atoms with E-state index in [0.29, 0.717) is 5.92 Å². The van der Waals surface area contributed by atoms with E-state index in [1.54, 1.807) is 0 Å². The van der Waals surface area contributed by atoms with E-state index in [0.717, 1.165) is 31.4 Å². The van der Waals surface area contributed by atoms with Crippen LogP contribution in [0, 0.1) is 17.6 Å². The van der Waals surface area contributed by atoms with Crippen molar-refractivity contribution in [3.05, 3.63) is 29.3 Å². The molecule has 4 nitrogen and oxygen atoms in total. The van der Waals surface area contributed by atoms with Gasteiger partial charge < -0.3 is 5.73 Å². The third kappa shape index (κ3) is 3.16. The van der Waals surface area contributed by atoms with Gasteiger partial charge in [-0.2, -0.15) is 0 Å². The topological polar surface area (TPSA) is 72.2 Å². The van der Waals surface area contributed by atoms with Crippen molar-refractivity contribution in [2.24, 2.45) is 11.7 Å². The number of rotatable bonds is 6. The zero-order chi connectivity index (χ0) is 14.9. The smallest absolute Gasteiger partial charge is 0.243 e. The molecule has 0 spiro atoms. The Hall–Kier alpha value is -1.05. The molecule has 0 heterocycles. The van der Waals surface area contributed by atoms with Gasteiger partial charge >= 0.3 is 0 Å². The standard InChI is InChI=1S/C13H18F2N2O2S/c1-2-3-9-6-11(9)17-20(18,19)12-5-8(7-16)4-10(14)13(12)15/h4-5,9,11,17H,2-3,6-7,16H2,1H3. The van der Waals surface area contributed by atoms with Crippen LogP contribution in [0.15, 0.2) is 17.0 Å². The Morgan fingerprint density at radius 2 is 2.10 bits per heavy atom. The molecule has 0 saturated heterocycles. The molecular weight excluding hydrogens is 286 g/mol. The average molecular weight is 304 g/mol. The molecule has 20 heavy (non-hydrogen) atoms. The normalized spacial score (nSPS) is 22.0. The van der Waals surface area contributed by atoms with Gasteiger partial charge in [-0.1, -0.05) is 13.3 Å². The molecule has 1 aromatic carbocycles. The van der Waals surface area contributed by atoms with Gasteiger partial charge in [-0.15, -0.1) is 0 Å². The molecule has 2 unspecified atom stereocenters. The predicted molar refractivity (Wildman–Crippen MR) is 71.4 cm³/mol. The molecule has 3 N–H and O–H groups in total. The molecule has 112 valence electrons. The summed E-state index contributed by atoms with van der Waals surface area (Å²) in [5, 5.41) is 0. The third-order valence-electron chi connectivity index (χ3n) is 3.47. The maximum atomic E-state index is 13.7. The lowest BCUT2D eigenvalue weighted by Crippen LogP contribution is -2.28. The minimum absolute atomic E-state index is 0.0540. The van der Waals surface area contributed by atoms with Crippen LogP contribution < -0.4 is 10.5 Å². The van der Waals surface area contributed by atoms with Crippen LogP contribution in [0.25, 0.3) is 0 Å². The summed E-state index contributed by atoms with van der Waals surface area (Å²) in [7, 11) is -4.05. The molecule has 0 radical (unpaired) electrons. The fraction of sp³-hybridized carbons (Fsp3) is 0.538. The third-order valence-corrected chi connectivity index (χ3v) is 4.96. The molecule has 0 aromatic heterocycles. The summed E-state index contributed by atoms with van der Waals surface area (Å²) in [4.78, 5) is -0.667. The summed E-state index contributed by atoms with van der Waals surface area (Å²) >= 11 is 0. The average Bonchev–Trinajstić information content (AvgIpc) is 3.09. The Balaban J connectivity index is 2.24. The number of hydrogen-bond acceptors (Lipinski definition) is 3. The van der Waals surface area contributed by atoms with Crippen LogP contribution in [0.2, 0.25) is 0 Å². The highest BCUT2D eigenvalue weighted by molar-refractivity contribution is 7.89.